The molecule has 2 bridgehead atoms. The SMILES string of the molecule is NCCNCCN.NCCNCCN1C(=O)C=CC1=O.O=C1OC(=O)C2C3C=CC(O3)C12. The van der Waals surface area contributed by atoms with Crippen molar-refractivity contribution in [2.24, 2.45) is 29.0 Å². The van der Waals surface area contributed by atoms with Crippen LogP contribution in [-0.4, -0.2) is 93.2 Å². The molecule has 0 aliphatic carbocycles. The second-order valence-corrected chi connectivity index (χ2v) is 7.27. The number of rotatable bonds is 9. The third kappa shape index (κ3) is 6.76. The van der Waals surface area contributed by atoms with Crippen molar-refractivity contribution in [3.63, 3.8) is 0 Å². The summed E-state index contributed by atoms with van der Waals surface area (Å²) in [5, 5.41) is 6.04. The topological polar surface area (TPSA) is 192 Å². The first kappa shape index (κ1) is 25.8. The Bertz CT molecular complexity index is 692. The number of esters is 2. The molecule has 4 heterocycles. The van der Waals surface area contributed by atoms with Gasteiger partial charge >= 0.3 is 11.9 Å². The normalized spacial score (nSPS) is 26.7. The monoisotopic (exact) mass is 452 g/mol. The number of imide groups is 1. The number of ether oxygens (including phenoxy) is 2. The third-order valence-electron chi connectivity index (χ3n) is 5.02. The van der Waals surface area contributed by atoms with E-state index >= 15 is 0 Å². The lowest BCUT2D eigenvalue weighted by Gasteiger charge is -2.13. The van der Waals surface area contributed by atoms with E-state index in [1.165, 1.54) is 17.1 Å². The molecular weight excluding hydrogens is 420 g/mol. The van der Waals surface area contributed by atoms with Crippen molar-refractivity contribution in [1.29, 1.82) is 0 Å². The number of fused-ring (bicyclic) bond motifs is 5. The van der Waals surface area contributed by atoms with Crippen LogP contribution in [0, 0.1) is 11.8 Å². The van der Waals surface area contributed by atoms with E-state index in [-0.39, 0.29) is 35.9 Å². The zero-order valence-electron chi connectivity index (χ0n) is 17.9. The Balaban J connectivity index is 0.000000179. The predicted molar refractivity (Wildman–Crippen MR) is 115 cm³/mol. The van der Waals surface area contributed by atoms with Gasteiger partial charge in [0, 0.05) is 64.5 Å². The zero-order valence-corrected chi connectivity index (χ0v) is 17.9. The minimum absolute atomic E-state index is 0.223. The van der Waals surface area contributed by atoms with Gasteiger partial charge < -0.3 is 37.3 Å². The van der Waals surface area contributed by atoms with Crippen molar-refractivity contribution in [1.82, 2.24) is 15.5 Å². The van der Waals surface area contributed by atoms with E-state index in [0.29, 0.717) is 39.3 Å². The van der Waals surface area contributed by atoms with Gasteiger partial charge in [0.2, 0.25) is 0 Å². The smallest absolute Gasteiger partial charge is 0.320 e. The first-order chi connectivity index (χ1) is 15.4. The summed E-state index contributed by atoms with van der Waals surface area (Å²) in [6.07, 6.45) is 5.77. The Hall–Kier alpha value is -2.48. The number of carbonyl (C=O) groups is 4. The van der Waals surface area contributed by atoms with Crippen LogP contribution < -0.4 is 27.8 Å². The number of hydrogen-bond acceptors (Lipinski definition) is 11. The maximum absolute atomic E-state index is 11.1. The average molecular weight is 453 g/mol. The second-order valence-electron chi connectivity index (χ2n) is 7.27. The van der Waals surface area contributed by atoms with Crippen LogP contribution in [0.3, 0.4) is 0 Å². The molecule has 4 atom stereocenters. The number of nitrogens with two attached hydrogens (primary N) is 3. The van der Waals surface area contributed by atoms with Gasteiger partial charge in [0.05, 0.1) is 12.2 Å². The molecule has 0 radical (unpaired) electrons. The van der Waals surface area contributed by atoms with E-state index in [1.807, 2.05) is 12.2 Å². The van der Waals surface area contributed by atoms with Gasteiger partial charge in [-0.15, -0.1) is 0 Å². The number of nitrogens with one attached hydrogen (secondary N) is 2. The van der Waals surface area contributed by atoms with E-state index < -0.39 is 11.9 Å². The van der Waals surface area contributed by atoms with Gasteiger partial charge in [0.1, 0.15) is 11.8 Å². The molecule has 0 spiro atoms. The fourth-order valence-electron chi connectivity index (χ4n) is 3.50. The van der Waals surface area contributed by atoms with Crippen molar-refractivity contribution in [2.45, 2.75) is 12.2 Å². The second kappa shape index (κ2) is 13.2. The molecule has 0 aromatic carbocycles. The molecule has 0 aromatic heterocycles. The van der Waals surface area contributed by atoms with Crippen molar-refractivity contribution in [2.75, 3.05) is 52.4 Å². The van der Waals surface area contributed by atoms with Crippen LogP contribution >= 0.6 is 0 Å². The first-order valence-electron chi connectivity index (χ1n) is 10.6. The Morgan fingerprint density at radius 1 is 0.750 bits per heavy atom. The molecule has 4 rings (SSSR count). The molecule has 178 valence electrons. The summed E-state index contributed by atoms with van der Waals surface area (Å²) in [5.74, 6) is -2.07. The third-order valence-corrected chi connectivity index (χ3v) is 5.02. The maximum atomic E-state index is 11.1. The van der Waals surface area contributed by atoms with Gasteiger partial charge in [-0.2, -0.15) is 0 Å². The van der Waals surface area contributed by atoms with E-state index in [9.17, 15) is 19.2 Å². The predicted octanol–water partition coefficient (Wildman–Crippen LogP) is -3.41. The summed E-state index contributed by atoms with van der Waals surface area (Å²) in [4.78, 5) is 45.4. The molecule has 4 aliphatic heterocycles. The van der Waals surface area contributed by atoms with Crippen LogP contribution in [0.5, 0.6) is 0 Å². The van der Waals surface area contributed by atoms with Crippen molar-refractivity contribution < 1.29 is 28.7 Å². The van der Waals surface area contributed by atoms with Crippen LogP contribution in [-0.2, 0) is 28.7 Å². The van der Waals surface area contributed by atoms with E-state index in [2.05, 4.69) is 15.4 Å². The lowest BCUT2D eigenvalue weighted by Crippen LogP contribution is -2.37. The number of amides is 2. The van der Waals surface area contributed by atoms with Gasteiger partial charge in [-0.1, -0.05) is 12.2 Å². The molecule has 2 saturated heterocycles. The number of carbonyl (C=O) groups excluding carboxylic acids is 4. The van der Waals surface area contributed by atoms with E-state index in [0.717, 1.165) is 13.1 Å². The molecule has 8 N–H and O–H groups in total. The zero-order chi connectivity index (χ0) is 23.5. The Labute approximate surface area is 186 Å². The van der Waals surface area contributed by atoms with Gasteiger partial charge in [0.25, 0.3) is 11.8 Å². The Morgan fingerprint density at radius 2 is 1.19 bits per heavy atom. The maximum Gasteiger partial charge on any atom is 0.320 e. The fourth-order valence-corrected chi connectivity index (χ4v) is 3.50. The van der Waals surface area contributed by atoms with Gasteiger partial charge in [0.15, 0.2) is 0 Å². The molecule has 2 amide bonds. The van der Waals surface area contributed by atoms with Crippen LogP contribution in [0.2, 0.25) is 0 Å². The highest BCUT2D eigenvalue weighted by Crippen LogP contribution is 2.43. The van der Waals surface area contributed by atoms with Crippen molar-refractivity contribution >= 4 is 23.8 Å². The summed E-state index contributed by atoms with van der Waals surface area (Å²) < 4.78 is 9.86. The molecule has 2 fully saturated rings. The highest BCUT2D eigenvalue weighted by Gasteiger charge is 2.59. The number of cyclic esters (lactones) is 2. The largest absolute Gasteiger partial charge is 0.393 e. The molecule has 4 aliphatic rings. The Morgan fingerprint density at radius 3 is 1.62 bits per heavy atom. The van der Waals surface area contributed by atoms with Crippen LogP contribution in [0.15, 0.2) is 24.3 Å². The van der Waals surface area contributed by atoms with Crippen LogP contribution in [0.25, 0.3) is 0 Å². The molecule has 12 nitrogen and oxygen atoms in total. The summed E-state index contributed by atoms with van der Waals surface area (Å²) >= 11 is 0. The molecular formula is C20H32N6O6. The standard InChI is InChI=1S/C8H13N3O2.C8H6O4.C4H13N3/c9-3-4-10-5-6-11-7(12)1-2-8(11)13;9-7-5-3-1-2-4(11-3)6(5)8(10)12-7;5-1-3-7-4-2-6/h1-2,10H,3-6,9H2;1-6H;7H,1-6H2. The van der Waals surface area contributed by atoms with Crippen molar-refractivity contribution in [3.8, 4) is 0 Å². The highest BCUT2D eigenvalue weighted by molar-refractivity contribution is 6.12. The summed E-state index contributed by atoms with van der Waals surface area (Å²) in [5.41, 5.74) is 15.6. The van der Waals surface area contributed by atoms with Gasteiger partial charge in [-0.25, -0.2) is 0 Å². The fraction of sp³-hybridized carbons (Fsp3) is 0.600. The molecule has 32 heavy (non-hydrogen) atoms. The molecule has 0 aromatic rings. The number of nitrogens with zero attached hydrogens (tertiary/aromatic N) is 1. The summed E-state index contributed by atoms with van der Waals surface area (Å²) in [7, 11) is 0. The summed E-state index contributed by atoms with van der Waals surface area (Å²) in [6, 6.07) is 0. The Kier molecular flexibility index (Phi) is 10.6. The first-order valence-corrected chi connectivity index (χ1v) is 10.6. The van der Waals surface area contributed by atoms with E-state index in [1.54, 1.807) is 0 Å². The van der Waals surface area contributed by atoms with Gasteiger partial charge in [-0.05, 0) is 0 Å². The van der Waals surface area contributed by atoms with Crippen LogP contribution in [0.4, 0.5) is 0 Å². The van der Waals surface area contributed by atoms with Gasteiger partial charge in [-0.3, -0.25) is 24.1 Å². The van der Waals surface area contributed by atoms with Crippen molar-refractivity contribution in [3.05, 3.63) is 24.3 Å². The average Bonchev–Trinajstić information content (AvgIpc) is 3.53. The lowest BCUT2D eigenvalue weighted by molar-refractivity contribution is -0.156. The van der Waals surface area contributed by atoms with Crippen LogP contribution in [0.1, 0.15) is 0 Å². The lowest BCUT2D eigenvalue weighted by atomic mass is 9.85. The minimum atomic E-state index is -0.429. The molecule has 0 saturated carbocycles. The highest BCUT2D eigenvalue weighted by atomic mass is 16.6. The minimum Gasteiger partial charge on any atom is -0.393 e. The molecule has 4 unspecified atom stereocenters. The quantitative estimate of drug-likeness (QED) is 0.0769. The molecule has 12 heteroatoms. The summed E-state index contributed by atoms with van der Waals surface area (Å²) in [6.45, 7) is 5.39. The van der Waals surface area contributed by atoms with E-state index in [4.69, 9.17) is 21.9 Å². The number of hydrogen-bond donors (Lipinski definition) is 5.